The SMILES string of the molecule is C[C@@H]1CC(=O)NN=C1c1ccc(NCCO)c([N+](=O)[O-])c1. The Kier molecular flexibility index (Phi) is 4.49. The third-order valence-electron chi connectivity index (χ3n) is 3.18. The van der Waals surface area contributed by atoms with Crippen LogP contribution in [0.1, 0.15) is 18.9 Å². The number of hydrazone groups is 1. The van der Waals surface area contributed by atoms with Crippen LogP contribution in [0.4, 0.5) is 11.4 Å². The van der Waals surface area contributed by atoms with Gasteiger partial charge in [0.2, 0.25) is 5.91 Å². The Morgan fingerprint density at radius 3 is 2.95 bits per heavy atom. The van der Waals surface area contributed by atoms with E-state index in [1.807, 2.05) is 6.92 Å². The Morgan fingerprint density at radius 1 is 1.57 bits per heavy atom. The fourth-order valence-electron chi connectivity index (χ4n) is 2.18. The average Bonchev–Trinajstić information content (AvgIpc) is 2.45. The van der Waals surface area contributed by atoms with Gasteiger partial charge >= 0.3 is 0 Å². The quantitative estimate of drug-likeness (QED) is 0.549. The average molecular weight is 292 g/mol. The highest BCUT2D eigenvalue weighted by atomic mass is 16.6. The smallest absolute Gasteiger partial charge is 0.292 e. The summed E-state index contributed by atoms with van der Waals surface area (Å²) in [6.07, 6.45) is 0.303. The van der Waals surface area contributed by atoms with Crippen molar-refractivity contribution in [3.05, 3.63) is 33.9 Å². The summed E-state index contributed by atoms with van der Waals surface area (Å²) in [5.74, 6) is -0.267. The lowest BCUT2D eigenvalue weighted by atomic mass is 9.93. The van der Waals surface area contributed by atoms with E-state index >= 15 is 0 Å². The Bertz CT molecular complexity index is 600. The number of nitro benzene ring substituents is 1. The first-order valence-corrected chi connectivity index (χ1v) is 6.53. The minimum atomic E-state index is -0.490. The van der Waals surface area contributed by atoms with E-state index in [0.717, 1.165) is 0 Å². The second-order valence-electron chi connectivity index (χ2n) is 4.78. The number of hydrogen-bond donors (Lipinski definition) is 3. The van der Waals surface area contributed by atoms with Gasteiger partial charge in [-0.1, -0.05) is 13.0 Å². The lowest BCUT2D eigenvalue weighted by Crippen LogP contribution is -2.32. The lowest BCUT2D eigenvalue weighted by molar-refractivity contribution is -0.384. The zero-order chi connectivity index (χ0) is 15.4. The molecule has 1 heterocycles. The zero-order valence-corrected chi connectivity index (χ0v) is 11.5. The van der Waals surface area contributed by atoms with Gasteiger partial charge in [-0.2, -0.15) is 5.10 Å². The van der Waals surface area contributed by atoms with Crippen LogP contribution in [0.3, 0.4) is 0 Å². The third kappa shape index (κ3) is 3.34. The van der Waals surface area contributed by atoms with Crippen LogP contribution in [0.2, 0.25) is 0 Å². The normalized spacial score (nSPS) is 17.9. The maximum atomic E-state index is 11.2. The highest BCUT2D eigenvalue weighted by molar-refractivity contribution is 6.06. The number of anilines is 1. The van der Waals surface area contributed by atoms with E-state index < -0.39 is 4.92 Å². The monoisotopic (exact) mass is 292 g/mol. The van der Waals surface area contributed by atoms with E-state index in [2.05, 4.69) is 15.8 Å². The van der Waals surface area contributed by atoms with Crippen LogP contribution in [0, 0.1) is 16.0 Å². The Balaban J connectivity index is 2.36. The van der Waals surface area contributed by atoms with Crippen molar-refractivity contribution in [1.82, 2.24) is 5.43 Å². The van der Waals surface area contributed by atoms with Gasteiger partial charge in [-0.3, -0.25) is 14.9 Å². The molecule has 21 heavy (non-hydrogen) atoms. The molecule has 0 saturated heterocycles. The number of aliphatic hydroxyl groups excluding tert-OH is 1. The second kappa shape index (κ2) is 6.31. The highest BCUT2D eigenvalue weighted by Gasteiger charge is 2.24. The van der Waals surface area contributed by atoms with E-state index in [9.17, 15) is 14.9 Å². The molecule has 1 amide bonds. The van der Waals surface area contributed by atoms with Gasteiger partial charge in [-0.05, 0) is 6.07 Å². The number of carbonyl (C=O) groups is 1. The van der Waals surface area contributed by atoms with Crippen LogP contribution in [-0.4, -0.2) is 34.8 Å². The third-order valence-corrected chi connectivity index (χ3v) is 3.18. The zero-order valence-electron chi connectivity index (χ0n) is 11.5. The molecule has 0 radical (unpaired) electrons. The molecule has 0 spiro atoms. The Hall–Kier alpha value is -2.48. The van der Waals surface area contributed by atoms with E-state index in [1.54, 1.807) is 12.1 Å². The van der Waals surface area contributed by atoms with Gasteiger partial charge in [0, 0.05) is 30.5 Å². The van der Waals surface area contributed by atoms with Crippen LogP contribution in [0.5, 0.6) is 0 Å². The first-order valence-electron chi connectivity index (χ1n) is 6.53. The van der Waals surface area contributed by atoms with Gasteiger partial charge in [0.05, 0.1) is 17.2 Å². The summed E-state index contributed by atoms with van der Waals surface area (Å²) in [6.45, 7) is 1.96. The first kappa shape index (κ1) is 14.9. The summed E-state index contributed by atoms with van der Waals surface area (Å²) in [4.78, 5) is 21.9. The number of benzene rings is 1. The minimum absolute atomic E-state index is 0.0900. The number of aliphatic hydroxyl groups is 1. The molecule has 0 saturated carbocycles. The minimum Gasteiger partial charge on any atom is -0.395 e. The van der Waals surface area contributed by atoms with E-state index in [4.69, 9.17) is 5.11 Å². The number of rotatable bonds is 5. The van der Waals surface area contributed by atoms with E-state index in [-0.39, 0.29) is 30.7 Å². The maximum Gasteiger partial charge on any atom is 0.292 e. The van der Waals surface area contributed by atoms with Crippen LogP contribution in [0.25, 0.3) is 0 Å². The molecule has 1 atom stereocenters. The number of carbonyl (C=O) groups excluding carboxylic acids is 1. The standard InChI is InChI=1S/C13H16N4O4/c1-8-6-12(19)15-16-13(8)9-2-3-10(14-4-5-18)11(7-9)17(20)21/h2-3,7-8,14,18H,4-6H2,1H3,(H,15,19)/t8-/m1/s1. The number of amides is 1. The largest absolute Gasteiger partial charge is 0.395 e. The van der Waals surface area contributed by atoms with Crippen molar-refractivity contribution in [1.29, 1.82) is 0 Å². The Morgan fingerprint density at radius 2 is 2.33 bits per heavy atom. The number of nitrogens with one attached hydrogen (secondary N) is 2. The molecule has 0 bridgehead atoms. The summed E-state index contributed by atoms with van der Waals surface area (Å²) in [5.41, 5.74) is 3.86. The molecule has 1 aromatic rings. The van der Waals surface area contributed by atoms with Crippen LogP contribution < -0.4 is 10.7 Å². The summed E-state index contributed by atoms with van der Waals surface area (Å²) >= 11 is 0. The molecule has 0 unspecified atom stereocenters. The second-order valence-corrected chi connectivity index (χ2v) is 4.78. The highest BCUT2D eigenvalue weighted by Crippen LogP contribution is 2.27. The topological polar surface area (TPSA) is 117 Å². The number of nitro groups is 1. The maximum absolute atomic E-state index is 11.2. The van der Waals surface area contributed by atoms with Crippen LogP contribution >= 0.6 is 0 Å². The van der Waals surface area contributed by atoms with Gasteiger partial charge in [0.25, 0.3) is 5.69 Å². The fourth-order valence-corrected chi connectivity index (χ4v) is 2.18. The predicted molar refractivity (Wildman–Crippen MR) is 77.1 cm³/mol. The molecule has 112 valence electrons. The van der Waals surface area contributed by atoms with Crippen molar-refractivity contribution < 1.29 is 14.8 Å². The summed E-state index contributed by atoms with van der Waals surface area (Å²) in [6, 6.07) is 4.71. The summed E-state index contributed by atoms with van der Waals surface area (Å²) in [5, 5.41) is 26.7. The predicted octanol–water partition coefficient (Wildman–Crippen LogP) is 0.859. The molecule has 3 N–H and O–H groups in total. The molecule has 0 aromatic heterocycles. The molecule has 2 rings (SSSR count). The van der Waals surface area contributed by atoms with Crippen LogP contribution in [-0.2, 0) is 4.79 Å². The molecular weight excluding hydrogens is 276 g/mol. The van der Waals surface area contributed by atoms with Gasteiger partial charge in [-0.25, -0.2) is 5.43 Å². The van der Waals surface area contributed by atoms with Gasteiger partial charge < -0.3 is 10.4 Å². The first-order chi connectivity index (χ1) is 10.0. The van der Waals surface area contributed by atoms with Crippen molar-refractivity contribution in [2.24, 2.45) is 11.0 Å². The molecule has 1 aliphatic rings. The van der Waals surface area contributed by atoms with Gasteiger partial charge in [0.1, 0.15) is 5.69 Å². The molecular formula is C13H16N4O4. The molecule has 0 fully saturated rings. The lowest BCUT2D eigenvalue weighted by Gasteiger charge is -2.19. The molecule has 8 heteroatoms. The van der Waals surface area contributed by atoms with E-state index in [0.29, 0.717) is 23.4 Å². The van der Waals surface area contributed by atoms with Crippen molar-refractivity contribution in [2.45, 2.75) is 13.3 Å². The molecule has 0 aliphatic carbocycles. The Labute approximate surface area is 121 Å². The summed E-state index contributed by atoms with van der Waals surface area (Å²) in [7, 11) is 0. The summed E-state index contributed by atoms with van der Waals surface area (Å²) < 4.78 is 0. The fraction of sp³-hybridized carbons (Fsp3) is 0.385. The number of hydrogen-bond acceptors (Lipinski definition) is 6. The van der Waals surface area contributed by atoms with Crippen molar-refractivity contribution in [3.63, 3.8) is 0 Å². The van der Waals surface area contributed by atoms with E-state index in [1.165, 1.54) is 6.07 Å². The van der Waals surface area contributed by atoms with Gasteiger partial charge in [0.15, 0.2) is 0 Å². The van der Waals surface area contributed by atoms with Crippen molar-refractivity contribution in [2.75, 3.05) is 18.5 Å². The van der Waals surface area contributed by atoms with Crippen LogP contribution in [0.15, 0.2) is 23.3 Å². The molecule has 8 nitrogen and oxygen atoms in total. The van der Waals surface area contributed by atoms with Gasteiger partial charge in [-0.15, -0.1) is 0 Å². The molecule has 1 aromatic carbocycles. The molecule has 1 aliphatic heterocycles. The van der Waals surface area contributed by atoms with Crippen molar-refractivity contribution in [3.8, 4) is 0 Å². The van der Waals surface area contributed by atoms with Crippen molar-refractivity contribution >= 4 is 23.0 Å². The number of nitrogens with zero attached hydrogens (tertiary/aromatic N) is 2.